The second-order valence-corrected chi connectivity index (χ2v) is 4.49. The van der Waals surface area contributed by atoms with E-state index in [-0.39, 0.29) is 5.97 Å². The molecule has 1 unspecified atom stereocenters. The molecule has 3 heteroatoms. The Labute approximate surface area is 102 Å². The molecule has 1 aliphatic rings. The normalized spacial score (nSPS) is 17.5. The summed E-state index contributed by atoms with van der Waals surface area (Å²) in [5.41, 5.74) is 2.79. The van der Waals surface area contributed by atoms with Crippen LogP contribution in [0.2, 0.25) is 0 Å². The van der Waals surface area contributed by atoms with Crippen LogP contribution in [0.15, 0.2) is 12.1 Å². The van der Waals surface area contributed by atoms with E-state index in [1.165, 1.54) is 12.7 Å². The van der Waals surface area contributed by atoms with Crippen LogP contribution in [0.4, 0.5) is 0 Å². The van der Waals surface area contributed by atoms with Crippen molar-refractivity contribution in [1.29, 1.82) is 0 Å². The molecule has 0 radical (unpaired) electrons. The first-order valence-electron chi connectivity index (χ1n) is 6.03. The fraction of sp³-hybridized carbons (Fsp3) is 0.500. The van der Waals surface area contributed by atoms with Crippen molar-refractivity contribution < 1.29 is 14.3 Å². The van der Waals surface area contributed by atoms with Crippen molar-refractivity contribution in [3.05, 3.63) is 28.8 Å². The number of fused-ring (bicyclic) bond motifs is 1. The van der Waals surface area contributed by atoms with E-state index in [1.54, 1.807) is 0 Å². The second-order valence-electron chi connectivity index (χ2n) is 4.49. The molecule has 1 atom stereocenters. The average Bonchev–Trinajstić information content (AvgIpc) is 2.70. The van der Waals surface area contributed by atoms with Crippen LogP contribution in [0, 0.1) is 6.92 Å². The number of ether oxygens (including phenoxy) is 2. The predicted molar refractivity (Wildman–Crippen MR) is 65.7 cm³/mol. The van der Waals surface area contributed by atoms with Gasteiger partial charge in [-0.05, 0) is 25.0 Å². The molecule has 0 amide bonds. The Balaban J connectivity index is 2.37. The van der Waals surface area contributed by atoms with Gasteiger partial charge in [0.25, 0.3) is 0 Å². The van der Waals surface area contributed by atoms with E-state index in [2.05, 4.69) is 13.0 Å². The van der Waals surface area contributed by atoms with Crippen LogP contribution in [0.5, 0.6) is 5.75 Å². The van der Waals surface area contributed by atoms with E-state index in [0.717, 1.165) is 30.8 Å². The van der Waals surface area contributed by atoms with E-state index in [0.29, 0.717) is 11.5 Å². The summed E-state index contributed by atoms with van der Waals surface area (Å²) in [4.78, 5) is 11.6. The third-order valence-electron chi connectivity index (χ3n) is 3.28. The summed E-state index contributed by atoms with van der Waals surface area (Å²) in [7, 11) is 1.40. The summed E-state index contributed by atoms with van der Waals surface area (Å²) in [6, 6.07) is 3.88. The van der Waals surface area contributed by atoms with Crippen LogP contribution in [-0.4, -0.2) is 19.7 Å². The number of carbonyl (C=O) groups is 1. The lowest BCUT2D eigenvalue weighted by atomic mass is 9.93. The topological polar surface area (TPSA) is 35.5 Å². The molecule has 0 spiro atoms. The highest BCUT2D eigenvalue weighted by atomic mass is 16.5. The molecule has 1 heterocycles. The Morgan fingerprint density at radius 2 is 2.29 bits per heavy atom. The maximum Gasteiger partial charge on any atom is 0.338 e. The van der Waals surface area contributed by atoms with Crippen LogP contribution in [0.25, 0.3) is 0 Å². The Morgan fingerprint density at radius 1 is 1.53 bits per heavy atom. The minimum Gasteiger partial charge on any atom is -0.493 e. The van der Waals surface area contributed by atoms with Crippen molar-refractivity contribution in [2.24, 2.45) is 0 Å². The summed E-state index contributed by atoms with van der Waals surface area (Å²) in [5.74, 6) is 1.02. The van der Waals surface area contributed by atoms with Gasteiger partial charge in [-0.25, -0.2) is 4.79 Å². The van der Waals surface area contributed by atoms with E-state index >= 15 is 0 Å². The number of esters is 1. The van der Waals surface area contributed by atoms with Crippen molar-refractivity contribution in [3.8, 4) is 5.75 Å². The summed E-state index contributed by atoms with van der Waals surface area (Å²) < 4.78 is 10.4. The van der Waals surface area contributed by atoms with Gasteiger partial charge in [-0.2, -0.15) is 0 Å². The molecule has 0 fully saturated rings. The molecule has 3 nitrogen and oxygen atoms in total. The van der Waals surface area contributed by atoms with Gasteiger partial charge in [0, 0.05) is 11.5 Å². The summed E-state index contributed by atoms with van der Waals surface area (Å²) in [5, 5.41) is 0. The highest BCUT2D eigenvalue weighted by molar-refractivity contribution is 5.91. The summed E-state index contributed by atoms with van der Waals surface area (Å²) in [6.07, 6.45) is 2.27. The molecule has 17 heavy (non-hydrogen) atoms. The first kappa shape index (κ1) is 12.0. The van der Waals surface area contributed by atoms with Gasteiger partial charge >= 0.3 is 5.97 Å². The van der Waals surface area contributed by atoms with Crippen molar-refractivity contribution in [3.63, 3.8) is 0 Å². The zero-order valence-electron chi connectivity index (χ0n) is 10.6. The zero-order valence-corrected chi connectivity index (χ0v) is 10.6. The number of aryl methyl sites for hydroxylation is 1. The fourth-order valence-corrected chi connectivity index (χ4v) is 2.35. The number of hydrogen-bond acceptors (Lipinski definition) is 3. The molecular formula is C14H18O3. The lowest BCUT2D eigenvalue weighted by molar-refractivity contribution is 0.0599. The molecule has 0 saturated carbocycles. The minimum absolute atomic E-state index is 0.298. The average molecular weight is 234 g/mol. The molecule has 2 rings (SSSR count). The lowest BCUT2D eigenvalue weighted by Gasteiger charge is -2.09. The monoisotopic (exact) mass is 234 g/mol. The standard InChI is InChI=1S/C14H18O3/c1-4-5-10-8-17-13-7-11(14(15)16-3)9(2)6-12(10)13/h6-7,10H,4-5,8H2,1-3H3. The van der Waals surface area contributed by atoms with Crippen molar-refractivity contribution in [1.82, 2.24) is 0 Å². The molecule has 0 aromatic heterocycles. The third-order valence-corrected chi connectivity index (χ3v) is 3.28. The largest absolute Gasteiger partial charge is 0.493 e. The van der Waals surface area contributed by atoms with Gasteiger partial charge in [-0.1, -0.05) is 19.4 Å². The van der Waals surface area contributed by atoms with Crippen molar-refractivity contribution in [2.75, 3.05) is 13.7 Å². The van der Waals surface area contributed by atoms with Gasteiger partial charge < -0.3 is 9.47 Å². The molecule has 1 aromatic carbocycles. The van der Waals surface area contributed by atoms with Crippen LogP contribution < -0.4 is 4.74 Å². The van der Waals surface area contributed by atoms with E-state index in [1.807, 2.05) is 13.0 Å². The maximum absolute atomic E-state index is 11.6. The van der Waals surface area contributed by atoms with Gasteiger partial charge in [0.2, 0.25) is 0 Å². The van der Waals surface area contributed by atoms with Crippen molar-refractivity contribution in [2.45, 2.75) is 32.6 Å². The first-order valence-corrected chi connectivity index (χ1v) is 6.03. The Bertz CT molecular complexity index is 437. The van der Waals surface area contributed by atoms with Gasteiger partial charge in [0.15, 0.2) is 0 Å². The van der Waals surface area contributed by atoms with Crippen LogP contribution >= 0.6 is 0 Å². The Kier molecular flexibility index (Phi) is 3.36. The smallest absolute Gasteiger partial charge is 0.338 e. The fourth-order valence-electron chi connectivity index (χ4n) is 2.35. The zero-order chi connectivity index (χ0) is 12.4. The molecule has 1 aliphatic heterocycles. The van der Waals surface area contributed by atoms with Gasteiger partial charge in [-0.3, -0.25) is 0 Å². The number of hydrogen-bond donors (Lipinski definition) is 0. The maximum atomic E-state index is 11.6. The van der Waals surface area contributed by atoms with Crippen molar-refractivity contribution >= 4 is 5.97 Å². The first-order chi connectivity index (χ1) is 8.17. The van der Waals surface area contributed by atoms with Crippen LogP contribution in [0.1, 0.15) is 47.2 Å². The Hall–Kier alpha value is -1.51. The Morgan fingerprint density at radius 3 is 2.94 bits per heavy atom. The number of benzene rings is 1. The molecule has 92 valence electrons. The minimum atomic E-state index is -0.298. The quantitative estimate of drug-likeness (QED) is 0.754. The second kappa shape index (κ2) is 4.78. The molecule has 0 saturated heterocycles. The highest BCUT2D eigenvalue weighted by Gasteiger charge is 2.25. The lowest BCUT2D eigenvalue weighted by Crippen LogP contribution is -2.04. The summed E-state index contributed by atoms with van der Waals surface area (Å²) >= 11 is 0. The number of carbonyl (C=O) groups excluding carboxylic acids is 1. The van der Waals surface area contributed by atoms with E-state index in [4.69, 9.17) is 9.47 Å². The highest BCUT2D eigenvalue weighted by Crippen LogP contribution is 2.38. The predicted octanol–water partition coefficient (Wildman–Crippen LogP) is 3.06. The number of methoxy groups -OCH3 is 1. The SMILES string of the molecule is CCCC1COc2cc(C(=O)OC)c(C)cc21. The molecule has 0 N–H and O–H groups in total. The molecule has 1 aromatic rings. The van der Waals surface area contributed by atoms with Gasteiger partial charge in [0.05, 0.1) is 19.3 Å². The van der Waals surface area contributed by atoms with E-state index in [9.17, 15) is 4.79 Å². The molecule has 0 bridgehead atoms. The third kappa shape index (κ3) is 2.14. The van der Waals surface area contributed by atoms with Crippen LogP contribution in [-0.2, 0) is 4.74 Å². The summed E-state index contributed by atoms with van der Waals surface area (Å²) in [6.45, 7) is 4.84. The van der Waals surface area contributed by atoms with Gasteiger partial charge in [-0.15, -0.1) is 0 Å². The van der Waals surface area contributed by atoms with E-state index < -0.39 is 0 Å². The van der Waals surface area contributed by atoms with Crippen LogP contribution in [0.3, 0.4) is 0 Å². The molecule has 0 aliphatic carbocycles. The van der Waals surface area contributed by atoms with Gasteiger partial charge in [0.1, 0.15) is 5.75 Å². The number of rotatable bonds is 3. The molecular weight excluding hydrogens is 216 g/mol.